The Balaban J connectivity index is 2.41. The summed E-state index contributed by atoms with van der Waals surface area (Å²) in [6.07, 6.45) is -6.25. The topological polar surface area (TPSA) is 42.4 Å². The molecule has 0 saturated heterocycles. The fourth-order valence-electron chi connectivity index (χ4n) is 1.80. The zero-order chi connectivity index (χ0) is 15.6. The molecule has 2 aromatic rings. The van der Waals surface area contributed by atoms with E-state index in [4.69, 9.17) is 4.74 Å². The summed E-state index contributed by atoms with van der Waals surface area (Å²) in [5.74, 6) is -1.18. The number of methoxy groups -OCH3 is 1. The first kappa shape index (κ1) is 15.2. The van der Waals surface area contributed by atoms with Crippen LogP contribution in [0.5, 0.6) is 5.88 Å². The molecule has 1 atom stereocenters. The second-order valence-corrected chi connectivity index (χ2v) is 4.24. The Morgan fingerprint density at radius 2 is 1.90 bits per heavy atom. The van der Waals surface area contributed by atoms with Gasteiger partial charge in [0, 0.05) is 6.07 Å². The lowest BCUT2D eigenvalue weighted by Crippen LogP contribution is -2.11. The van der Waals surface area contributed by atoms with Gasteiger partial charge in [0.25, 0.3) is 0 Å². The molecule has 21 heavy (non-hydrogen) atoms. The number of hydrogen-bond acceptors (Lipinski definition) is 3. The van der Waals surface area contributed by atoms with Crippen LogP contribution < -0.4 is 4.74 Å². The first-order valence-electron chi connectivity index (χ1n) is 5.88. The van der Waals surface area contributed by atoms with E-state index in [0.29, 0.717) is 12.1 Å². The molecule has 1 aromatic heterocycles. The van der Waals surface area contributed by atoms with Crippen molar-refractivity contribution in [1.82, 2.24) is 4.98 Å². The number of aromatic nitrogens is 1. The number of alkyl halides is 3. The van der Waals surface area contributed by atoms with E-state index in [1.807, 2.05) is 0 Å². The first-order chi connectivity index (χ1) is 9.82. The molecule has 0 aliphatic rings. The molecule has 0 radical (unpaired) electrons. The summed E-state index contributed by atoms with van der Waals surface area (Å²) >= 11 is 0. The number of aliphatic hydroxyl groups excluding tert-OH is 1. The number of rotatable bonds is 3. The summed E-state index contributed by atoms with van der Waals surface area (Å²) in [6.45, 7) is 0. The smallest absolute Gasteiger partial charge is 0.419 e. The van der Waals surface area contributed by atoms with Crippen molar-refractivity contribution in [2.24, 2.45) is 0 Å². The quantitative estimate of drug-likeness (QED) is 0.884. The molecule has 2 rings (SSSR count). The van der Waals surface area contributed by atoms with Crippen LogP contribution >= 0.6 is 0 Å². The van der Waals surface area contributed by atoms with Gasteiger partial charge in [-0.25, -0.2) is 9.37 Å². The van der Waals surface area contributed by atoms with Crippen molar-refractivity contribution in [3.8, 4) is 5.88 Å². The van der Waals surface area contributed by atoms with Gasteiger partial charge in [-0.2, -0.15) is 13.2 Å². The van der Waals surface area contributed by atoms with Crippen LogP contribution in [0.4, 0.5) is 17.6 Å². The second-order valence-electron chi connectivity index (χ2n) is 4.24. The molecule has 0 saturated carbocycles. The Labute approximate surface area is 117 Å². The Bertz CT molecular complexity index is 643. The third-order valence-electron chi connectivity index (χ3n) is 2.85. The van der Waals surface area contributed by atoms with Gasteiger partial charge in [-0.3, -0.25) is 0 Å². The van der Waals surface area contributed by atoms with Gasteiger partial charge < -0.3 is 9.84 Å². The fraction of sp³-hybridized carbons (Fsp3) is 0.214. The lowest BCUT2D eigenvalue weighted by Gasteiger charge is -2.14. The van der Waals surface area contributed by atoms with Crippen molar-refractivity contribution in [3.63, 3.8) is 0 Å². The van der Waals surface area contributed by atoms with Crippen LogP contribution in [0.1, 0.15) is 22.9 Å². The zero-order valence-electron chi connectivity index (χ0n) is 10.9. The summed E-state index contributed by atoms with van der Waals surface area (Å²) in [6, 6.07) is 6.82. The van der Waals surface area contributed by atoms with Crippen LogP contribution in [0.2, 0.25) is 0 Å². The van der Waals surface area contributed by atoms with Gasteiger partial charge in [-0.15, -0.1) is 0 Å². The fourth-order valence-corrected chi connectivity index (χ4v) is 1.80. The van der Waals surface area contributed by atoms with E-state index >= 15 is 0 Å². The third-order valence-corrected chi connectivity index (χ3v) is 2.85. The number of aliphatic hydroxyl groups is 1. The van der Waals surface area contributed by atoms with Crippen LogP contribution in [0.15, 0.2) is 36.4 Å². The van der Waals surface area contributed by atoms with Crippen LogP contribution in [-0.4, -0.2) is 17.2 Å². The highest BCUT2D eigenvalue weighted by atomic mass is 19.4. The summed E-state index contributed by atoms with van der Waals surface area (Å²) in [5.41, 5.74) is -1.43. The lowest BCUT2D eigenvalue weighted by atomic mass is 10.0. The van der Waals surface area contributed by atoms with Crippen molar-refractivity contribution >= 4 is 0 Å². The maximum absolute atomic E-state index is 13.2. The van der Waals surface area contributed by atoms with E-state index in [1.54, 1.807) is 6.07 Å². The van der Waals surface area contributed by atoms with E-state index in [0.717, 1.165) is 6.07 Å². The zero-order valence-corrected chi connectivity index (χ0v) is 10.9. The van der Waals surface area contributed by atoms with E-state index in [2.05, 4.69) is 4.98 Å². The average Bonchev–Trinajstić information content (AvgIpc) is 2.46. The predicted octanol–water partition coefficient (Wildman–Crippen LogP) is 3.33. The Kier molecular flexibility index (Phi) is 4.13. The van der Waals surface area contributed by atoms with Gasteiger partial charge in [0.1, 0.15) is 11.9 Å². The Morgan fingerprint density at radius 3 is 2.52 bits per heavy atom. The number of nitrogens with zero attached hydrogens (tertiary/aromatic N) is 1. The molecule has 3 nitrogen and oxygen atoms in total. The molecular formula is C14H11F4NO2. The van der Waals surface area contributed by atoms with Crippen LogP contribution in [0.25, 0.3) is 0 Å². The molecule has 1 unspecified atom stereocenters. The third kappa shape index (κ3) is 3.30. The number of pyridine rings is 1. The molecule has 1 aromatic carbocycles. The molecule has 0 bridgehead atoms. The SMILES string of the molecule is COc1cccc(C(O)c2ccc(F)c(C(F)(F)F)c2)n1. The van der Waals surface area contributed by atoms with Crippen LogP contribution in [0.3, 0.4) is 0 Å². The maximum Gasteiger partial charge on any atom is 0.419 e. The van der Waals surface area contributed by atoms with Crippen molar-refractivity contribution in [1.29, 1.82) is 0 Å². The van der Waals surface area contributed by atoms with Gasteiger partial charge in [-0.1, -0.05) is 12.1 Å². The van der Waals surface area contributed by atoms with Crippen molar-refractivity contribution in [2.75, 3.05) is 7.11 Å². The maximum atomic E-state index is 13.2. The van der Waals surface area contributed by atoms with E-state index < -0.39 is 23.7 Å². The molecule has 0 spiro atoms. The summed E-state index contributed by atoms with van der Waals surface area (Å²) < 4.78 is 56.1. The molecule has 1 N–H and O–H groups in total. The number of hydrogen-bond donors (Lipinski definition) is 1. The van der Waals surface area contributed by atoms with Gasteiger partial charge in [-0.05, 0) is 23.8 Å². The minimum atomic E-state index is -4.83. The van der Waals surface area contributed by atoms with Gasteiger partial charge in [0.15, 0.2) is 0 Å². The largest absolute Gasteiger partial charge is 0.481 e. The highest BCUT2D eigenvalue weighted by Crippen LogP contribution is 2.34. The average molecular weight is 301 g/mol. The molecule has 0 fully saturated rings. The normalized spacial score (nSPS) is 13.0. The molecule has 112 valence electrons. The molecule has 7 heteroatoms. The highest BCUT2D eigenvalue weighted by Gasteiger charge is 2.34. The molecule has 1 heterocycles. The highest BCUT2D eigenvalue weighted by molar-refractivity contribution is 5.33. The minimum absolute atomic E-state index is 0.106. The molecular weight excluding hydrogens is 290 g/mol. The number of benzene rings is 1. The predicted molar refractivity (Wildman–Crippen MR) is 66.3 cm³/mol. The lowest BCUT2D eigenvalue weighted by molar-refractivity contribution is -0.140. The number of halogens is 4. The van der Waals surface area contributed by atoms with Gasteiger partial charge in [0.2, 0.25) is 5.88 Å². The molecule has 0 aliphatic heterocycles. The number of ether oxygens (including phenoxy) is 1. The van der Waals surface area contributed by atoms with Crippen LogP contribution in [0, 0.1) is 5.82 Å². The summed E-state index contributed by atoms with van der Waals surface area (Å²) in [5, 5.41) is 10.1. The monoisotopic (exact) mass is 301 g/mol. The minimum Gasteiger partial charge on any atom is -0.481 e. The summed E-state index contributed by atoms with van der Waals surface area (Å²) in [4.78, 5) is 3.93. The summed E-state index contributed by atoms with van der Waals surface area (Å²) in [7, 11) is 1.37. The second kappa shape index (κ2) is 5.69. The van der Waals surface area contributed by atoms with Crippen molar-refractivity contribution < 1.29 is 27.4 Å². The van der Waals surface area contributed by atoms with Crippen molar-refractivity contribution in [3.05, 3.63) is 59.0 Å². The molecule has 0 aliphatic carbocycles. The first-order valence-corrected chi connectivity index (χ1v) is 5.88. The van der Waals surface area contributed by atoms with E-state index in [1.165, 1.54) is 19.2 Å². The van der Waals surface area contributed by atoms with Gasteiger partial charge >= 0.3 is 6.18 Å². The van der Waals surface area contributed by atoms with E-state index in [9.17, 15) is 22.7 Å². The van der Waals surface area contributed by atoms with Gasteiger partial charge in [0.05, 0.1) is 18.4 Å². The standard InChI is InChI=1S/C14H11F4NO2/c1-21-12-4-2-3-11(19-12)13(20)8-5-6-10(15)9(7-8)14(16,17)18/h2-7,13,20H,1H3. The Hall–Kier alpha value is -2.15. The van der Waals surface area contributed by atoms with Crippen LogP contribution in [-0.2, 0) is 6.18 Å². The van der Waals surface area contributed by atoms with Crippen molar-refractivity contribution in [2.45, 2.75) is 12.3 Å². The Morgan fingerprint density at radius 1 is 1.19 bits per heavy atom. The molecule has 0 amide bonds. The van der Waals surface area contributed by atoms with E-state index in [-0.39, 0.29) is 17.1 Å².